The molecular formula is C19H30BN3O4. The molecule has 7 nitrogen and oxygen atoms in total. The van der Waals surface area contributed by atoms with Crippen LogP contribution in [0.25, 0.3) is 0 Å². The Hall–Kier alpha value is -1.80. The lowest BCUT2D eigenvalue weighted by Gasteiger charge is -2.32. The molecule has 27 heavy (non-hydrogen) atoms. The van der Waals surface area contributed by atoms with E-state index in [1.54, 1.807) is 5.01 Å². The largest absolute Gasteiger partial charge is 0.569 e. The van der Waals surface area contributed by atoms with Gasteiger partial charge in [0.15, 0.2) is 0 Å². The summed E-state index contributed by atoms with van der Waals surface area (Å²) < 4.78 is 12.1. The number of hydrazine groups is 1. The highest BCUT2D eigenvalue weighted by molar-refractivity contribution is 6.62. The lowest BCUT2D eigenvalue weighted by atomic mass is 9.79. The van der Waals surface area contributed by atoms with Crippen LogP contribution in [-0.2, 0) is 20.8 Å². The maximum atomic E-state index is 12.1. The zero-order valence-electron chi connectivity index (χ0n) is 17.0. The Labute approximate surface area is 161 Å². The summed E-state index contributed by atoms with van der Waals surface area (Å²) in [7, 11) is -0.382. The molecule has 1 aromatic rings. The second-order valence-corrected chi connectivity index (χ2v) is 8.45. The van der Waals surface area contributed by atoms with E-state index >= 15 is 0 Å². The van der Waals surface area contributed by atoms with E-state index in [0.29, 0.717) is 4.97 Å². The Morgan fingerprint density at radius 3 is 2.41 bits per heavy atom. The van der Waals surface area contributed by atoms with Crippen molar-refractivity contribution in [2.75, 3.05) is 6.54 Å². The Morgan fingerprint density at radius 2 is 1.81 bits per heavy atom. The first-order chi connectivity index (χ1) is 12.7. The van der Waals surface area contributed by atoms with Gasteiger partial charge >= 0.3 is 7.12 Å². The molecule has 0 radical (unpaired) electrons. The maximum Gasteiger partial charge on any atom is 0.494 e. The van der Waals surface area contributed by atoms with Gasteiger partial charge in [-0.25, -0.2) is 0 Å². The number of benzene rings is 1. The Bertz CT molecular complexity index is 662. The smallest absolute Gasteiger partial charge is 0.494 e. The second-order valence-electron chi connectivity index (χ2n) is 8.45. The molecule has 0 N–H and O–H groups in total. The fourth-order valence-corrected chi connectivity index (χ4v) is 3.29. The Kier molecular flexibility index (Phi) is 5.67. The molecule has 2 aliphatic rings. The monoisotopic (exact) mass is 375 g/mol. The highest BCUT2D eigenvalue weighted by Crippen LogP contribution is 2.36. The van der Waals surface area contributed by atoms with Gasteiger partial charge in [-0.1, -0.05) is 24.3 Å². The predicted molar refractivity (Wildman–Crippen MR) is 103 cm³/mol. The predicted octanol–water partition coefficient (Wildman–Crippen LogP) is 3.17. The van der Waals surface area contributed by atoms with Gasteiger partial charge in [-0.2, -0.15) is 0 Å². The molecule has 3 rings (SSSR count). The Balaban J connectivity index is 1.55. The van der Waals surface area contributed by atoms with E-state index in [1.807, 2.05) is 58.9 Å². The van der Waals surface area contributed by atoms with Crippen LogP contribution in [0, 0.1) is 5.21 Å². The van der Waals surface area contributed by atoms with Gasteiger partial charge in [-0.3, -0.25) is 0 Å². The molecule has 0 saturated carbocycles. The molecule has 0 aliphatic carbocycles. The molecule has 1 aromatic carbocycles. The first-order valence-corrected chi connectivity index (χ1v) is 9.71. The fraction of sp³-hybridized carbons (Fsp3) is 0.684. The molecule has 148 valence electrons. The van der Waals surface area contributed by atoms with E-state index in [0.717, 1.165) is 36.8 Å². The van der Waals surface area contributed by atoms with Crippen molar-refractivity contribution in [1.29, 1.82) is 0 Å². The minimum Gasteiger partial charge on any atom is -0.569 e. The molecule has 0 amide bonds. The third-order valence-electron chi connectivity index (χ3n) is 5.85. The van der Waals surface area contributed by atoms with Gasteiger partial charge in [0.1, 0.15) is 6.61 Å². The van der Waals surface area contributed by atoms with Gasteiger partial charge in [0, 0.05) is 0 Å². The quantitative estimate of drug-likeness (QED) is 0.342. The lowest BCUT2D eigenvalue weighted by Crippen LogP contribution is -2.42. The summed E-state index contributed by atoms with van der Waals surface area (Å²) in [5, 5.41) is 17.5. The zero-order chi connectivity index (χ0) is 19.7. The molecule has 2 aliphatic heterocycles. The van der Waals surface area contributed by atoms with Crippen molar-refractivity contribution in [3.05, 3.63) is 35.0 Å². The van der Waals surface area contributed by atoms with E-state index in [1.165, 1.54) is 0 Å². The number of hydrogen-bond acceptors (Lipinski definition) is 5. The zero-order valence-corrected chi connectivity index (χ0v) is 17.0. The third kappa shape index (κ3) is 4.38. The number of rotatable bonds is 5. The van der Waals surface area contributed by atoms with E-state index in [4.69, 9.17) is 14.1 Å². The molecule has 2 fully saturated rings. The van der Waals surface area contributed by atoms with Crippen molar-refractivity contribution in [3.63, 3.8) is 0 Å². The molecular weight excluding hydrogens is 345 g/mol. The molecule has 0 aromatic heterocycles. The van der Waals surface area contributed by atoms with Crippen molar-refractivity contribution < 1.29 is 19.1 Å². The summed E-state index contributed by atoms with van der Waals surface area (Å²) >= 11 is 0. The van der Waals surface area contributed by atoms with Crippen LogP contribution in [0.2, 0.25) is 0 Å². The lowest BCUT2D eigenvalue weighted by molar-refractivity contribution is -0.720. The normalized spacial score (nSPS) is 24.9. The number of piperidine rings is 1. The average Bonchev–Trinajstić information content (AvgIpc) is 2.83. The van der Waals surface area contributed by atoms with Gasteiger partial charge in [0.2, 0.25) is 5.28 Å². The van der Waals surface area contributed by atoms with Crippen LogP contribution in [0.4, 0.5) is 0 Å². The average molecular weight is 375 g/mol. The van der Waals surface area contributed by atoms with Crippen molar-refractivity contribution >= 4 is 12.6 Å². The molecule has 1 atom stereocenters. The molecule has 8 heteroatoms. The van der Waals surface area contributed by atoms with Crippen molar-refractivity contribution in [2.45, 2.75) is 77.7 Å². The third-order valence-corrected chi connectivity index (χ3v) is 5.85. The first kappa shape index (κ1) is 20.0. The molecule has 1 unspecified atom stereocenters. The van der Waals surface area contributed by atoms with E-state index in [2.05, 4.69) is 5.28 Å². The second kappa shape index (κ2) is 7.68. The topological polar surface area (TPSA) is 69.4 Å². The van der Waals surface area contributed by atoms with Crippen molar-refractivity contribution in [1.82, 2.24) is 5.01 Å². The Morgan fingerprint density at radius 1 is 1.19 bits per heavy atom. The van der Waals surface area contributed by atoms with Crippen LogP contribution in [0.5, 0.6) is 0 Å². The van der Waals surface area contributed by atoms with Crippen LogP contribution in [0.1, 0.15) is 59.4 Å². The highest BCUT2D eigenvalue weighted by Gasteiger charge is 2.51. The van der Waals surface area contributed by atoms with Crippen LogP contribution >= 0.6 is 0 Å². The van der Waals surface area contributed by atoms with Crippen LogP contribution in [-0.4, -0.2) is 40.9 Å². The molecule has 2 heterocycles. The van der Waals surface area contributed by atoms with E-state index in [9.17, 15) is 5.21 Å². The number of hydrogen-bond donors (Lipinski definition) is 0. The summed E-state index contributed by atoms with van der Waals surface area (Å²) in [6.45, 7) is 11.1. The maximum absolute atomic E-state index is 12.1. The van der Waals surface area contributed by atoms with Crippen LogP contribution in [0.15, 0.2) is 29.5 Å². The minimum atomic E-state index is -0.382. The van der Waals surface area contributed by atoms with Crippen molar-refractivity contribution in [3.8, 4) is 0 Å². The first-order valence-electron chi connectivity index (χ1n) is 9.71. The van der Waals surface area contributed by atoms with E-state index in [-0.39, 0.29) is 31.0 Å². The summed E-state index contributed by atoms with van der Waals surface area (Å²) in [5.41, 5.74) is 1.17. The summed E-state index contributed by atoms with van der Waals surface area (Å²) in [4.78, 5) is 5.83. The summed E-state index contributed by atoms with van der Waals surface area (Å²) in [5.74, 6) is 0. The van der Waals surface area contributed by atoms with Gasteiger partial charge in [-0.05, 0) is 64.9 Å². The summed E-state index contributed by atoms with van der Waals surface area (Å²) in [6.07, 6.45) is 3.18. The van der Waals surface area contributed by atoms with Crippen LogP contribution in [0.3, 0.4) is 0 Å². The minimum absolute atomic E-state index is 0.197. The van der Waals surface area contributed by atoms with Crippen molar-refractivity contribution in [2.24, 2.45) is 5.28 Å². The van der Waals surface area contributed by atoms with Gasteiger partial charge < -0.3 is 19.4 Å². The number of nitrogens with zero attached hydrogens (tertiary/aromatic N) is 3. The van der Waals surface area contributed by atoms with E-state index < -0.39 is 0 Å². The van der Waals surface area contributed by atoms with Gasteiger partial charge in [-0.15, -0.1) is 5.01 Å². The van der Waals surface area contributed by atoms with Gasteiger partial charge in [0.25, 0.3) is 0 Å². The SMILES string of the molecule is CC1CCCCN1/[N+]([O-])=N/OCc1ccc(B2OC(C)(C)C(C)(C)O2)cc1. The standard InChI is InChI=1S/C19H30BN3O4/c1-15-8-6-7-13-22(15)23(24)21-25-14-16-9-11-17(12-10-16)20-26-18(2,3)19(4,5)27-20/h9-12,15H,6-8,13-14H2,1-5H3/b23-21-. The molecule has 0 spiro atoms. The van der Waals surface area contributed by atoms with Crippen LogP contribution < -0.4 is 5.46 Å². The highest BCUT2D eigenvalue weighted by atomic mass is 16.7. The summed E-state index contributed by atoms with van der Waals surface area (Å²) in [6, 6.07) is 8.00. The molecule has 0 bridgehead atoms. The van der Waals surface area contributed by atoms with Gasteiger partial charge in [0.05, 0.1) is 28.8 Å². The molecule has 2 saturated heterocycles. The fourth-order valence-electron chi connectivity index (χ4n) is 3.29.